The molecule has 0 spiro atoms. The summed E-state index contributed by atoms with van der Waals surface area (Å²) >= 11 is 3.40. The van der Waals surface area contributed by atoms with Crippen molar-refractivity contribution in [3.63, 3.8) is 0 Å². The quantitative estimate of drug-likeness (QED) is 0.928. The summed E-state index contributed by atoms with van der Waals surface area (Å²) in [7, 11) is 0. The number of hydrogen-bond acceptors (Lipinski definition) is 2. The highest BCUT2D eigenvalue weighted by Crippen LogP contribution is 2.19. The first-order valence-electron chi connectivity index (χ1n) is 6.88. The fourth-order valence-corrected chi connectivity index (χ4v) is 2.86. The zero-order chi connectivity index (χ0) is 13.8. The zero-order valence-electron chi connectivity index (χ0n) is 11.3. The van der Waals surface area contributed by atoms with Crippen LogP contribution >= 0.6 is 15.9 Å². The van der Waals surface area contributed by atoms with Gasteiger partial charge >= 0.3 is 0 Å². The van der Waals surface area contributed by atoms with E-state index in [4.69, 9.17) is 5.73 Å². The Labute approximate surface area is 123 Å². The molecule has 1 aliphatic heterocycles. The molecule has 4 heteroatoms. The highest BCUT2D eigenvalue weighted by atomic mass is 79.9. The molecular weight excluding hydrogens is 304 g/mol. The first-order valence-corrected chi connectivity index (χ1v) is 7.67. The van der Waals surface area contributed by atoms with Crippen LogP contribution in [0.5, 0.6) is 0 Å². The average molecular weight is 325 g/mol. The number of amides is 1. The molecular formula is C15H21BrN2O. The minimum absolute atomic E-state index is 0.215. The number of hydrogen-bond donors (Lipinski definition) is 1. The maximum absolute atomic E-state index is 12.3. The van der Waals surface area contributed by atoms with Crippen molar-refractivity contribution in [2.75, 3.05) is 13.1 Å². The number of rotatable bonds is 3. The number of carbonyl (C=O) groups is 1. The van der Waals surface area contributed by atoms with E-state index in [1.54, 1.807) is 0 Å². The van der Waals surface area contributed by atoms with Gasteiger partial charge < -0.3 is 10.6 Å². The van der Waals surface area contributed by atoms with Gasteiger partial charge in [0.05, 0.1) is 6.42 Å². The summed E-state index contributed by atoms with van der Waals surface area (Å²) in [6.07, 6.45) is 2.45. The second kappa shape index (κ2) is 6.53. The van der Waals surface area contributed by atoms with Gasteiger partial charge in [0.1, 0.15) is 0 Å². The largest absolute Gasteiger partial charge is 0.342 e. The third kappa shape index (κ3) is 3.80. The molecule has 2 unspecified atom stereocenters. The Morgan fingerprint density at radius 3 is 2.74 bits per heavy atom. The maximum Gasteiger partial charge on any atom is 0.227 e. The number of halogens is 1. The molecule has 2 N–H and O–H groups in total. The van der Waals surface area contributed by atoms with Crippen LogP contribution in [0.2, 0.25) is 0 Å². The lowest BCUT2D eigenvalue weighted by Gasteiger charge is -2.36. The van der Waals surface area contributed by atoms with Gasteiger partial charge in [-0.1, -0.05) is 41.4 Å². The van der Waals surface area contributed by atoms with E-state index in [0.717, 1.165) is 36.0 Å². The van der Waals surface area contributed by atoms with Crippen molar-refractivity contribution in [3.05, 3.63) is 34.3 Å². The van der Waals surface area contributed by atoms with Crippen LogP contribution < -0.4 is 5.73 Å². The average Bonchev–Trinajstić information content (AvgIpc) is 2.42. The molecule has 0 bridgehead atoms. The number of piperidine rings is 1. The van der Waals surface area contributed by atoms with Gasteiger partial charge in [-0.15, -0.1) is 0 Å². The topological polar surface area (TPSA) is 46.3 Å². The van der Waals surface area contributed by atoms with Crippen molar-refractivity contribution in [1.29, 1.82) is 0 Å². The SMILES string of the molecule is CCC1CN(C(=O)Cc2ccc(Br)cc2)CCC1N. The van der Waals surface area contributed by atoms with Crippen LogP contribution in [0.25, 0.3) is 0 Å². The lowest BCUT2D eigenvalue weighted by molar-refractivity contribution is -0.132. The predicted octanol–water partition coefficient (Wildman–Crippen LogP) is 2.58. The van der Waals surface area contributed by atoms with E-state index in [1.807, 2.05) is 29.2 Å². The Kier molecular flexibility index (Phi) is 4.99. The fraction of sp³-hybridized carbons (Fsp3) is 0.533. The third-order valence-electron chi connectivity index (χ3n) is 3.94. The van der Waals surface area contributed by atoms with Crippen molar-refractivity contribution in [2.45, 2.75) is 32.2 Å². The van der Waals surface area contributed by atoms with Crippen molar-refractivity contribution in [2.24, 2.45) is 11.7 Å². The second-order valence-electron chi connectivity index (χ2n) is 5.26. The lowest BCUT2D eigenvalue weighted by Crippen LogP contribution is -2.49. The standard InChI is InChI=1S/C15H21BrN2O/c1-2-12-10-18(8-7-14(12)17)15(19)9-11-3-5-13(16)6-4-11/h3-6,12,14H,2,7-10,17H2,1H3. The normalized spacial score (nSPS) is 23.4. The Morgan fingerprint density at radius 1 is 1.42 bits per heavy atom. The Bertz CT molecular complexity index is 432. The highest BCUT2D eigenvalue weighted by Gasteiger charge is 2.27. The van der Waals surface area contributed by atoms with Crippen LogP contribution in [0.3, 0.4) is 0 Å². The summed E-state index contributed by atoms with van der Waals surface area (Å²) in [4.78, 5) is 14.3. The fourth-order valence-electron chi connectivity index (χ4n) is 2.60. The number of benzene rings is 1. The summed E-state index contributed by atoms with van der Waals surface area (Å²) in [6, 6.07) is 8.19. The predicted molar refractivity (Wildman–Crippen MR) is 80.8 cm³/mol. The van der Waals surface area contributed by atoms with Gasteiger partial charge in [-0.05, 0) is 30.0 Å². The monoisotopic (exact) mass is 324 g/mol. The van der Waals surface area contributed by atoms with Gasteiger partial charge in [0.25, 0.3) is 0 Å². The highest BCUT2D eigenvalue weighted by molar-refractivity contribution is 9.10. The first-order chi connectivity index (χ1) is 9.10. The molecule has 1 aromatic carbocycles. The first kappa shape index (κ1) is 14.5. The van der Waals surface area contributed by atoms with E-state index >= 15 is 0 Å². The molecule has 3 nitrogen and oxygen atoms in total. The van der Waals surface area contributed by atoms with E-state index < -0.39 is 0 Å². The van der Waals surface area contributed by atoms with E-state index in [2.05, 4.69) is 22.9 Å². The summed E-state index contributed by atoms with van der Waals surface area (Å²) in [5, 5.41) is 0. The van der Waals surface area contributed by atoms with Crippen LogP contribution in [-0.4, -0.2) is 29.9 Å². The number of nitrogens with two attached hydrogens (primary N) is 1. The van der Waals surface area contributed by atoms with Gasteiger partial charge in [-0.2, -0.15) is 0 Å². The number of likely N-dealkylation sites (tertiary alicyclic amines) is 1. The molecule has 0 radical (unpaired) electrons. The minimum atomic E-state index is 0.215. The minimum Gasteiger partial charge on any atom is -0.342 e. The van der Waals surface area contributed by atoms with Crippen LogP contribution in [0.1, 0.15) is 25.3 Å². The molecule has 0 aliphatic carbocycles. The summed E-state index contributed by atoms with van der Waals surface area (Å²) in [5.41, 5.74) is 7.14. The van der Waals surface area contributed by atoms with Gasteiger partial charge in [-0.3, -0.25) is 4.79 Å². The smallest absolute Gasteiger partial charge is 0.227 e. The summed E-state index contributed by atoms with van der Waals surface area (Å²) in [5.74, 6) is 0.662. The van der Waals surface area contributed by atoms with E-state index in [0.29, 0.717) is 12.3 Å². The molecule has 1 aromatic rings. The lowest BCUT2D eigenvalue weighted by atomic mass is 9.90. The van der Waals surface area contributed by atoms with Crippen molar-refractivity contribution in [1.82, 2.24) is 4.90 Å². The Hall–Kier alpha value is -0.870. The van der Waals surface area contributed by atoms with Crippen LogP contribution in [0.4, 0.5) is 0 Å². The molecule has 19 heavy (non-hydrogen) atoms. The van der Waals surface area contributed by atoms with Gasteiger partial charge in [0, 0.05) is 23.6 Å². The van der Waals surface area contributed by atoms with Gasteiger partial charge in [0.2, 0.25) is 5.91 Å². The van der Waals surface area contributed by atoms with E-state index in [9.17, 15) is 4.79 Å². The van der Waals surface area contributed by atoms with E-state index in [-0.39, 0.29) is 11.9 Å². The molecule has 2 atom stereocenters. The van der Waals surface area contributed by atoms with Crippen molar-refractivity contribution in [3.8, 4) is 0 Å². The van der Waals surface area contributed by atoms with Crippen molar-refractivity contribution >= 4 is 21.8 Å². The van der Waals surface area contributed by atoms with Crippen molar-refractivity contribution < 1.29 is 4.79 Å². The van der Waals surface area contributed by atoms with Crippen LogP contribution in [0, 0.1) is 5.92 Å². The molecule has 1 saturated heterocycles. The van der Waals surface area contributed by atoms with Gasteiger partial charge in [-0.25, -0.2) is 0 Å². The molecule has 1 aliphatic rings. The number of carbonyl (C=O) groups excluding carboxylic acids is 1. The van der Waals surface area contributed by atoms with Gasteiger partial charge in [0.15, 0.2) is 0 Å². The summed E-state index contributed by atoms with van der Waals surface area (Å²) < 4.78 is 1.04. The molecule has 1 fully saturated rings. The second-order valence-corrected chi connectivity index (χ2v) is 6.18. The zero-order valence-corrected chi connectivity index (χ0v) is 12.9. The molecule has 1 amide bonds. The molecule has 2 rings (SSSR count). The van der Waals surface area contributed by atoms with E-state index in [1.165, 1.54) is 0 Å². The summed E-state index contributed by atoms with van der Waals surface area (Å²) in [6.45, 7) is 3.76. The molecule has 104 valence electrons. The Balaban J connectivity index is 1.94. The number of nitrogens with zero attached hydrogens (tertiary/aromatic N) is 1. The third-order valence-corrected chi connectivity index (χ3v) is 4.47. The van der Waals surface area contributed by atoms with Crippen LogP contribution in [0.15, 0.2) is 28.7 Å². The Morgan fingerprint density at radius 2 is 2.11 bits per heavy atom. The molecule has 1 heterocycles. The maximum atomic E-state index is 12.3. The molecule has 0 aromatic heterocycles. The van der Waals surface area contributed by atoms with Crippen LogP contribution in [-0.2, 0) is 11.2 Å². The molecule has 0 saturated carbocycles.